The maximum atomic E-state index is 13.1. The minimum atomic E-state index is -4.72. The monoisotopic (exact) mass is 538 g/mol. The molecule has 2 aromatic carbocycles. The topological polar surface area (TPSA) is 99.7 Å². The number of hydrogen-bond acceptors (Lipinski definition) is 7. The summed E-state index contributed by atoms with van der Waals surface area (Å²) in [5, 5.41) is 11.1. The van der Waals surface area contributed by atoms with Crippen LogP contribution in [-0.2, 0) is 19.8 Å². The molecule has 13 heteroatoms. The Labute approximate surface area is 214 Å². The first-order valence-electron chi connectivity index (χ1n) is 11.3. The quantitative estimate of drug-likeness (QED) is 0.280. The van der Waals surface area contributed by atoms with Gasteiger partial charge in [-0.3, -0.25) is 14.7 Å². The summed E-state index contributed by atoms with van der Waals surface area (Å²) in [6, 6.07) is 8.41. The van der Waals surface area contributed by atoms with Crippen molar-refractivity contribution in [3.05, 3.63) is 79.2 Å². The van der Waals surface area contributed by atoms with Crippen LogP contribution in [-0.4, -0.2) is 27.6 Å². The van der Waals surface area contributed by atoms with E-state index in [1.54, 1.807) is 13.1 Å². The Morgan fingerprint density at radius 2 is 1.84 bits per heavy atom. The molecular formula is C24H22ClF3N4O5. The number of piperidine rings is 1. The molecule has 37 heavy (non-hydrogen) atoms. The standard InChI is InChI=1S/C24H22ClF3N4O5/c1-30-22(31-9-3-2-4-10-31)13-21(29-23(30)33)36-14-15-5-8-20(19(11-15)32(34)35)37-16-6-7-18(25)17(12-16)24(26,27)28/h5-8,11-13H,2-4,9-10,14H2,1H3. The number of halogens is 4. The first kappa shape index (κ1) is 26.3. The van der Waals surface area contributed by atoms with Crippen molar-refractivity contribution in [2.45, 2.75) is 32.0 Å². The minimum Gasteiger partial charge on any atom is -0.473 e. The highest BCUT2D eigenvalue weighted by molar-refractivity contribution is 6.31. The lowest BCUT2D eigenvalue weighted by Gasteiger charge is -2.29. The van der Waals surface area contributed by atoms with E-state index in [2.05, 4.69) is 9.88 Å². The average molecular weight is 539 g/mol. The normalized spacial score (nSPS) is 13.9. The number of hydrogen-bond donors (Lipinski definition) is 0. The number of rotatable bonds is 7. The van der Waals surface area contributed by atoms with Crippen LogP contribution < -0.4 is 20.1 Å². The van der Waals surface area contributed by atoms with Gasteiger partial charge in [0.2, 0.25) is 11.6 Å². The smallest absolute Gasteiger partial charge is 0.417 e. The summed E-state index contributed by atoms with van der Waals surface area (Å²) in [5.41, 5.74) is -1.72. The van der Waals surface area contributed by atoms with Crippen LogP contribution in [0.2, 0.25) is 5.02 Å². The molecule has 2 heterocycles. The van der Waals surface area contributed by atoms with E-state index in [1.807, 2.05) is 0 Å². The van der Waals surface area contributed by atoms with Crippen LogP contribution in [0.4, 0.5) is 24.7 Å². The van der Waals surface area contributed by atoms with E-state index in [-0.39, 0.29) is 24.0 Å². The minimum absolute atomic E-state index is 0.0764. The number of nitrogens with zero attached hydrogens (tertiary/aromatic N) is 4. The van der Waals surface area contributed by atoms with Gasteiger partial charge in [0.1, 0.15) is 18.2 Å². The molecule has 0 unspecified atom stereocenters. The molecular weight excluding hydrogens is 517 g/mol. The van der Waals surface area contributed by atoms with Gasteiger partial charge in [-0.1, -0.05) is 17.7 Å². The fourth-order valence-electron chi connectivity index (χ4n) is 3.96. The molecule has 1 fully saturated rings. The van der Waals surface area contributed by atoms with Crippen molar-refractivity contribution in [2.75, 3.05) is 18.0 Å². The molecule has 0 atom stereocenters. The molecule has 0 aliphatic carbocycles. The molecule has 4 rings (SSSR count). The van der Waals surface area contributed by atoms with Crippen LogP contribution in [0.5, 0.6) is 17.4 Å². The number of benzene rings is 2. The summed E-state index contributed by atoms with van der Waals surface area (Å²) in [7, 11) is 1.63. The number of anilines is 1. The van der Waals surface area contributed by atoms with Gasteiger partial charge in [-0.25, -0.2) is 4.79 Å². The molecule has 0 radical (unpaired) electrons. The van der Waals surface area contributed by atoms with E-state index in [0.29, 0.717) is 17.4 Å². The molecule has 196 valence electrons. The van der Waals surface area contributed by atoms with Crippen LogP contribution in [0.15, 0.2) is 47.3 Å². The number of alkyl halides is 3. The first-order chi connectivity index (χ1) is 17.5. The van der Waals surface area contributed by atoms with E-state index in [1.165, 1.54) is 28.8 Å². The Kier molecular flexibility index (Phi) is 7.58. The van der Waals surface area contributed by atoms with E-state index < -0.39 is 33.1 Å². The highest BCUT2D eigenvalue weighted by Gasteiger charge is 2.34. The average Bonchev–Trinajstić information content (AvgIpc) is 2.86. The summed E-state index contributed by atoms with van der Waals surface area (Å²) in [6.07, 6.45) is -1.57. The van der Waals surface area contributed by atoms with Gasteiger partial charge in [-0.2, -0.15) is 18.2 Å². The summed E-state index contributed by atoms with van der Waals surface area (Å²) in [6.45, 7) is 1.48. The molecule has 0 amide bonds. The number of nitro benzene ring substituents is 1. The molecule has 1 aromatic heterocycles. The molecule has 9 nitrogen and oxygen atoms in total. The Bertz CT molecular complexity index is 1370. The number of ether oxygens (including phenoxy) is 2. The third-order valence-electron chi connectivity index (χ3n) is 5.85. The Morgan fingerprint density at radius 3 is 2.51 bits per heavy atom. The van der Waals surface area contributed by atoms with Gasteiger partial charge in [0, 0.05) is 32.3 Å². The lowest BCUT2D eigenvalue weighted by molar-refractivity contribution is -0.385. The number of aromatic nitrogens is 2. The highest BCUT2D eigenvalue weighted by atomic mass is 35.5. The maximum Gasteiger partial charge on any atom is 0.417 e. The highest BCUT2D eigenvalue weighted by Crippen LogP contribution is 2.39. The predicted octanol–water partition coefficient (Wildman–Crippen LogP) is 5.72. The van der Waals surface area contributed by atoms with Gasteiger partial charge < -0.3 is 14.4 Å². The van der Waals surface area contributed by atoms with Crippen LogP contribution in [0.3, 0.4) is 0 Å². The third kappa shape index (κ3) is 6.13. The molecule has 1 saturated heterocycles. The van der Waals surface area contributed by atoms with Crippen molar-refractivity contribution in [2.24, 2.45) is 7.05 Å². The summed E-state index contributed by atoms with van der Waals surface area (Å²) in [4.78, 5) is 29.3. The molecule has 0 N–H and O–H groups in total. The molecule has 1 aliphatic rings. The third-order valence-corrected chi connectivity index (χ3v) is 6.18. The first-order valence-corrected chi connectivity index (χ1v) is 11.7. The van der Waals surface area contributed by atoms with Crippen molar-refractivity contribution in [3.63, 3.8) is 0 Å². The van der Waals surface area contributed by atoms with E-state index in [4.69, 9.17) is 21.1 Å². The largest absolute Gasteiger partial charge is 0.473 e. The van der Waals surface area contributed by atoms with Crippen molar-refractivity contribution < 1.29 is 27.6 Å². The van der Waals surface area contributed by atoms with E-state index in [9.17, 15) is 28.1 Å². The van der Waals surface area contributed by atoms with Crippen LogP contribution in [0, 0.1) is 10.1 Å². The van der Waals surface area contributed by atoms with Gasteiger partial charge in [-0.15, -0.1) is 0 Å². The van der Waals surface area contributed by atoms with E-state index >= 15 is 0 Å². The summed E-state index contributed by atoms with van der Waals surface area (Å²) < 4.78 is 51.9. The summed E-state index contributed by atoms with van der Waals surface area (Å²) >= 11 is 5.62. The maximum absolute atomic E-state index is 13.1. The predicted molar refractivity (Wildman–Crippen MR) is 129 cm³/mol. The number of nitro groups is 1. The second-order valence-corrected chi connectivity index (χ2v) is 8.84. The van der Waals surface area contributed by atoms with Gasteiger partial charge in [-0.05, 0) is 49.1 Å². The van der Waals surface area contributed by atoms with Crippen molar-refractivity contribution in [1.82, 2.24) is 9.55 Å². The fraction of sp³-hybridized carbons (Fsp3) is 0.333. The van der Waals surface area contributed by atoms with Gasteiger partial charge in [0.05, 0.1) is 15.5 Å². The van der Waals surface area contributed by atoms with E-state index in [0.717, 1.165) is 38.4 Å². The zero-order valence-corrected chi connectivity index (χ0v) is 20.4. The Hall–Kier alpha value is -3.80. The zero-order chi connectivity index (χ0) is 26.7. The SMILES string of the molecule is Cn1c(N2CCCCC2)cc(OCc2ccc(Oc3ccc(Cl)c(C(F)(F)F)c3)c([N+](=O)[O-])c2)nc1=O. The molecule has 0 spiro atoms. The molecule has 0 bridgehead atoms. The Balaban J connectivity index is 1.54. The van der Waals surface area contributed by atoms with Crippen LogP contribution in [0.25, 0.3) is 0 Å². The van der Waals surface area contributed by atoms with Gasteiger partial charge in [0.15, 0.2) is 0 Å². The van der Waals surface area contributed by atoms with Gasteiger partial charge >= 0.3 is 17.6 Å². The molecule has 3 aromatic rings. The Morgan fingerprint density at radius 1 is 1.11 bits per heavy atom. The summed E-state index contributed by atoms with van der Waals surface area (Å²) in [5.74, 6) is 0.222. The zero-order valence-electron chi connectivity index (χ0n) is 19.6. The lowest BCUT2D eigenvalue weighted by Crippen LogP contribution is -2.35. The fourth-order valence-corrected chi connectivity index (χ4v) is 4.18. The van der Waals surface area contributed by atoms with Crippen LogP contribution >= 0.6 is 11.6 Å². The molecule has 0 saturated carbocycles. The van der Waals surface area contributed by atoms with Crippen molar-refractivity contribution >= 4 is 23.1 Å². The second kappa shape index (κ2) is 10.7. The van der Waals surface area contributed by atoms with Gasteiger partial charge in [0.25, 0.3) is 0 Å². The van der Waals surface area contributed by atoms with Crippen LogP contribution in [0.1, 0.15) is 30.4 Å². The molecule has 1 aliphatic heterocycles. The van der Waals surface area contributed by atoms with Crippen molar-refractivity contribution in [3.8, 4) is 17.4 Å². The van der Waals surface area contributed by atoms with Crippen molar-refractivity contribution in [1.29, 1.82) is 0 Å². The lowest BCUT2D eigenvalue weighted by atomic mass is 10.1. The second-order valence-electron chi connectivity index (χ2n) is 8.43.